The summed E-state index contributed by atoms with van der Waals surface area (Å²) in [6, 6.07) is 37.5. The van der Waals surface area contributed by atoms with Crippen molar-refractivity contribution < 1.29 is 157 Å². The topological polar surface area (TPSA) is 444 Å². The molecule has 0 N–H and O–H groups in total. The van der Waals surface area contributed by atoms with Gasteiger partial charge in [-0.15, -0.1) is 0 Å². The minimum atomic E-state index is -6.09. The van der Waals surface area contributed by atoms with Gasteiger partial charge < -0.3 is 27.3 Å². The van der Waals surface area contributed by atoms with Crippen LogP contribution >= 0.6 is 15.8 Å². The van der Waals surface area contributed by atoms with E-state index < -0.39 is 110 Å². The molecule has 6 aromatic rings. The van der Waals surface area contributed by atoms with Crippen molar-refractivity contribution in [3.05, 3.63) is 146 Å². The van der Waals surface area contributed by atoms with E-state index in [0.29, 0.717) is 0 Å². The van der Waals surface area contributed by atoms with Gasteiger partial charge in [0, 0.05) is 59.9 Å². The van der Waals surface area contributed by atoms with E-state index in [1.165, 1.54) is 6.92 Å². The third-order valence-electron chi connectivity index (χ3n) is 6.97. The molecule has 0 saturated heterocycles. The molecule has 0 atom stereocenters. The molecular weight excluding hydrogens is 1680 g/mol. The molecule has 0 fully saturated rings. The summed E-state index contributed by atoms with van der Waals surface area (Å²) in [7, 11) is -38.1. The Hall–Kier alpha value is -4.91. The number of halogens is 18. The normalized spacial score (nSPS) is 11.9. The van der Waals surface area contributed by atoms with Crippen molar-refractivity contribution in [2.45, 2.75) is 40.0 Å². The van der Waals surface area contributed by atoms with E-state index in [-0.39, 0.29) is 48.9 Å². The van der Waals surface area contributed by atoms with Crippen LogP contribution in [0.2, 0.25) is 0 Å². The largest absolute Gasteiger partial charge is 3.00 e. The number of nitrogens with zero attached hydrogens (tertiary/aromatic N) is 7. The molecule has 504 valence electrons. The van der Waals surface area contributed by atoms with Gasteiger partial charge >= 0.3 is 81.9 Å². The molecule has 0 unspecified atom stereocenters. The Kier molecular flexibility index (Phi) is 42.0. The summed E-state index contributed by atoms with van der Waals surface area (Å²) in [5.41, 5.74) is -27.7. The van der Waals surface area contributed by atoms with E-state index in [2.05, 4.69) is 29.9 Å². The number of alkyl halides is 18. The first kappa shape index (κ1) is 94.8. The van der Waals surface area contributed by atoms with E-state index in [9.17, 15) is 79.0 Å². The van der Waals surface area contributed by atoms with Crippen LogP contribution in [0.25, 0.3) is 0 Å². The number of hydrogen-bond acceptors (Lipinski definition) is 25. The second kappa shape index (κ2) is 40.4. The van der Waals surface area contributed by atoms with Crippen LogP contribution in [0, 0.1) is 11.3 Å². The molecule has 91 heavy (non-hydrogen) atoms. The van der Waals surface area contributed by atoms with Gasteiger partial charge in [0.05, 0.1) is 38.7 Å². The molecule has 53 heteroatoms. The molecule has 6 rings (SSSR count). The molecule has 0 aromatic carbocycles. The Bertz CT molecular complexity index is 3170. The van der Waals surface area contributed by atoms with Gasteiger partial charge in [0.2, 0.25) is 0 Å². The van der Waals surface area contributed by atoms with Crippen LogP contribution in [0.1, 0.15) is 6.92 Å². The Balaban J connectivity index is -0.000000319. The maximum absolute atomic E-state index is 10.7. The van der Waals surface area contributed by atoms with Crippen molar-refractivity contribution in [3.8, 4) is 6.07 Å². The summed E-state index contributed by atoms with van der Waals surface area (Å²) in [5.74, 6) is 0. The number of pyridine rings is 6. The van der Waals surface area contributed by atoms with Gasteiger partial charge in [-0.3, -0.25) is 29.9 Å². The van der Waals surface area contributed by atoms with Gasteiger partial charge in [0.1, 0.15) is 0 Å². The molecule has 6 heterocycles. The summed E-state index contributed by atoms with van der Waals surface area (Å²) in [5, 5.41) is 7.32. The maximum atomic E-state index is 10.7. The van der Waals surface area contributed by atoms with Crippen LogP contribution in [-0.4, -0.2) is 190 Å². The third kappa shape index (κ3) is 40.1. The van der Waals surface area contributed by atoms with Crippen molar-refractivity contribution in [2.75, 3.05) is 0 Å². The summed E-state index contributed by atoms with van der Waals surface area (Å²) in [6.45, 7) is 1.43. The molecule has 25 nitrogen and oxygen atoms in total. The number of rotatable bonds is 6. The van der Waals surface area contributed by atoms with Crippen LogP contribution in [0.5, 0.6) is 0 Å². The average molecular weight is 1710 g/mol. The van der Waals surface area contributed by atoms with Gasteiger partial charge in [0.25, 0.3) is 0 Å². The van der Waals surface area contributed by atoms with E-state index in [1.54, 1.807) is 6.07 Å². The van der Waals surface area contributed by atoms with Gasteiger partial charge in [-0.2, -0.15) is 84.3 Å². The monoisotopic (exact) mass is 1710 g/mol. The fraction of sp³-hybridized carbons (Fsp3) is 0.184. The fourth-order valence-electron chi connectivity index (χ4n) is 3.62. The van der Waals surface area contributed by atoms with Crippen molar-refractivity contribution >= 4 is 158 Å². The van der Waals surface area contributed by atoms with E-state index in [1.807, 2.05) is 146 Å². The van der Waals surface area contributed by atoms with Crippen molar-refractivity contribution in [1.82, 2.24) is 29.9 Å². The van der Waals surface area contributed by atoms with Gasteiger partial charge in [-0.25, -0.2) is 50.5 Å². The van der Waals surface area contributed by atoms with Crippen molar-refractivity contribution in [2.24, 2.45) is 0 Å². The third-order valence-corrected chi connectivity index (χ3v) is 14.7. The Labute approximate surface area is 538 Å². The van der Waals surface area contributed by atoms with Crippen LogP contribution in [0.3, 0.4) is 0 Å². The molecular formula is C38H27F18N7O18P2S6Sb2. The van der Waals surface area contributed by atoms with Crippen LogP contribution in [0.15, 0.2) is 146 Å². The van der Waals surface area contributed by atoms with Gasteiger partial charge in [-0.1, -0.05) is 36.4 Å². The molecule has 6 aromatic heterocycles. The minimum absolute atomic E-state index is 0. The minimum Gasteiger partial charge on any atom is -0.741 e. The zero-order chi connectivity index (χ0) is 70.5. The Morgan fingerprint density at radius 3 is 0.440 bits per heavy atom. The molecule has 0 aliphatic heterocycles. The molecule has 4 radical (unpaired) electrons. The summed E-state index contributed by atoms with van der Waals surface area (Å²) < 4.78 is 353. The molecule has 0 bridgehead atoms. The predicted molar refractivity (Wildman–Crippen MR) is 274 cm³/mol. The first-order chi connectivity index (χ1) is 39.8. The molecule has 0 amide bonds. The number of hydrogen-bond donors (Lipinski definition) is 0. The zero-order valence-corrected chi connectivity index (χ0v) is 54.7. The first-order valence-electron chi connectivity index (χ1n) is 20.3. The standard InChI is InChI=1S/2C15H12N3P.C2H3N.6CHF3O3S.2Sb/c2*1-4-10-16-13(7-1)19(14-8-2-5-11-17-14)15-9-3-6-12-18-15;1-2-3;6*2-1(3,4)8(5,6)7;;/h2*1-12H;1H3;6*(H,5,6,7);;/q;;;;;;;;;2*+3/p-6. The molecule has 0 saturated carbocycles. The first-order valence-corrected chi connectivity index (χ1v) is 31.4. The van der Waals surface area contributed by atoms with Gasteiger partial charge in [0.15, 0.2) is 60.7 Å². The Morgan fingerprint density at radius 1 is 0.297 bits per heavy atom. The summed E-state index contributed by atoms with van der Waals surface area (Å²) >= 11 is 0. The SMILES string of the molecule is CC#N.O=S(=O)([O-])C(F)(F)F.O=S(=O)([O-])C(F)(F)F.O=S(=O)([O-])C(F)(F)F.O=S(=O)([O-])C(F)(F)F.O=S(=O)([O-])C(F)(F)F.O=S(=O)([O-])C(F)(F)F.[Sb+3].[Sb+3].c1ccc(P(c2ccccn2)c2ccccn2)nc1.c1ccc(P(c2ccccn2)c2ccccn2)nc1. The molecule has 0 aliphatic rings. The van der Waals surface area contributed by atoms with E-state index in [4.69, 9.17) is 83.1 Å². The van der Waals surface area contributed by atoms with Crippen LogP contribution in [-0.2, 0) is 60.7 Å². The van der Waals surface area contributed by atoms with Gasteiger partial charge in [-0.05, 0) is 72.8 Å². The smallest absolute Gasteiger partial charge is 0.741 e. The van der Waals surface area contributed by atoms with Crippen LogP contribution in [0.4, 0.5) is 79.0 Å². The average Bonchev–Trinajstić information content (AvgIpc) is 1.60. The van der Waals surface area contributed by atoms with E-state index in [0.717, 1.165) is 32.6 Å². The number of aromatic nitrogens is 6. The maximum Gasteiger partial charge on any atom is 3.00 e. The fourth-order valence-corrected chi connectivity index (χ4v) is 7.53. The summed E-state index contributed by atoms with van der Waals surface area (Å²) in [6.07, 6.45) is 10.9. The number of nitriles is 1. The molecule has 0 spiro atoms. The second-order valence-electron chi connectivity index (χ2n) is 13.4. The Morgan fingerprint density at radius 2 is 0.385 bits per heavy atom. The van der Waals surface area contributed by atoms with E-state index >= 15 is 0 Å². The quantitative estimate of drug-likeness (QED) is 0.0758. The predicted octanol–water partition coefficient (Wildman–Crippen LogP) is 3.34. The zero-order valence-electron chi connectivity index (χ0n) is 42.9. The van der Waals surface area contributed by atoms with Crippen LogP contribution < -0.4 is 32.6 Å². The summed E-state index contributed by atoms with van der Waals surface area (Å²) in [4.78, 5) is 26.9. The van der Waals surface area contributed by atoms with Crippen molar-refractivity contribution in [1.29, 1.82) is 5.26 Å². The second-order valence-corrected chi connectivity index (χ2v) is 25.7. The molecule has 0 aliphatic carbocycles. The van der Waals surface area contributed by atoms with Crippen molar-refractivity contribution in [3.63, 3.8) is 0 Å².